The standard InChI is InChI=1S/C23H30N2O/c1-3-8-19(9-4-1)23(25-16-14-24-15-17-25)20-10-7-13-22(18-20)26-21-11-5-2-6-12-21/h2,5-7,10-13,18-19,23-24H,1,3-4,8-9,14-17H2/t23-/m0/s1. The van der Waals surface area contributed by atoms with E-state index in [1.54, 1.807) is 0 Å². The minimum atomic E-state index is 0.525. The number of rotatable bonds is 5. The van der Waals surface area contributed by atoms with Crippen LogP contribution in [0, 0.1) is 5.92 Å². The lowest BCUT2D eigenvalue weighted by molar-refractivity contribution is 0.103. The summed E-state index contributed by atoms with van der Waals surface area (Å²) in [5.74, 6) is 2.62. The van der Waals surface area contributed by atoms with Crippen LogP contribution in [0.15, 0.2) is 54.6 Å². The first-order valence-electron chi connectivity index (χ1n) is 10.2. The van der Waals surface area contributed by atoms with Crippen LogP contribution in [0.3, 0.4) is 0 Å². The van der Waals surface area contributed by atoms with E-state index in [9.17, 15) is 0 Å². The molecule has 2 aliphatic rings. The number of ether oxygens (including phenoxy) is 1. The van der Waals surface area contributed by atoms with Gasteiger partial charge in [-0.2, -0.15) is 0 Å². The van der Waals surface area contributed by atoms with Gasteiger partial charge in [0.15, 0.2) is 0 Å². The molecule has 3 heteroatoms. The Morgan fingerprint density at radius 1 is 0.846 bits per heavy atom. The molecule has 1 N–H and O–H groups in total. The molecule has 1 aliphatic carbocycles. The van der Waals surface area contributed by atoms with E-state index in [2.05, 4.69) is 34.5 Å². The Labute approximate surface area is 157 Å². The molecule has 0 bridgehead atoms. The molecule has 1 aliphatic heterocycles. The van der Waals surface area contributed by atoms with Gasteiger partial charge in [-0.15, -0.1) is 0 Å². The van der Waals surface area contributed by atoms with E-state index in [1.165, 1.54) is 37.7 Å². The van der Waals surface area contributed by atoms with E-state index in [0.29, 0.717) is 6.04 Å². The zero-order chi connectivity index (χ0) is 17.6. The molecule has 0 aromatic heterocycles. The number of nitrogens with one attached hydrogen (secondary N) is 1. The summed E-state index contributed by atoms with van der Waals surface area (Å²) in [6.45, 7) is 4.49. The van der Waals surface area contributed by atoms with Crippen molar-refractivity contribution in [2.75, 3.05) is 26.2 Å². The van der Waals surface area contributed by atoms with Crippen molar-refractivity contribution < 1.29 is 4.74 Å². The van der Waals surface area contributed by atoms with E-state index in [0.717, 1.165) is 43.6 Å². The molecule has 2 fully saturated rings. The van der Waals surface area contributed by atoms with Crippen molar-refractivity contribution in [2.24, 2.45) is 5.92 Å². The number of nitrogens with zero attached hydrogens (tertiary/aromatic N) is 1. The van der Waals surface area contributed by atoms with Crippen molar-refractivity contribution in [1.82, 2.24) is 10.2 Å². The first-order chi connectivity index (χ1) is 12.9. The van der Waals surface area contributed by atoms with E-state index >= 15 is 0 Å². The predicted octanol–water partition coefficient (Wildman–Crippen LogP) is 5.01. The van der Waals surface area contributed by atoms with Gasteiger partial charge in [0.25, 0.3) is 0 Å². The minimum Gasteiger partial charge on any atom is -0.457 e. The number of hydrogen-bond donors (Lipinski definition) is 1. The molecule has 26 heavy (non-hydrogen) atoms. The van der Waals surface area contributed by atoms with Crippen molar-refractivity contribution >= 4 is 0 Å². The van der Waals surface area contributed by atoms with Crippen LogP contribution in [-0.2, 0) is 0 Å². The van der Waals surface area contributed by atoms with Crippen LogP contribution < -0.4 is 10.1 Å². The third kappa shape index (κ3) is 4.28. The zero-order valence-electron chi connectivity index (χ0n) is 15.6. The lowest BCUT2D eigenvalue weighted by atomic mass is 9.80. The molecule has 3 nitrogen and oxygen atoms in total. The largest absolute Gasteiger partial charge is 0.457 e. The Morgan fingerprint density at radius 2 is 1.58 bits per heavy atom. The second kappa shape index (κ2) is 8.70. The monoisotopic (exact) mass is 350 g/mol. The Balaban J connectivity index is 1.58. The van der Waals surface area contributed by atoms with Gasteiger partial charge in [0.2, 0.25) is 0 Å². The number of benzene rings is 2. The summed E-state index contributed by atoms with van der Waals surface area (Å²) in [6.07, 6.45) is 6.89. The van der Waals surface area contributed by atoms with Crippen molar-refractivity contribution in [3.05, 3.63) is 60.2 Å². The maximum absolute atomic E-state index is 6.11. The van der Waals surface area contributed by atoms with Gasteiger partial charge in [-0.25, -0.2) is 0 Å². The van der Waals surface area contributed by atoms with Crippen LogP contribution in [0.1, 0.15) is 43.7 Å². The fourth-order valence-corrected chi connectivity index (χ4v) is 4.58. The van der Waals surface area contributed by atoms with E-state index < -0.39 is 0 Å². The molecule has 1 saturated heterocycles. The fourth-order valence-electron chi connectivity index (χ4n) is 4.58. The molecule has 1 saturated carbocycles. The highest BCUT2D eigenvalue weighted by atomic mass is 16.5. The van der Waals surface area contributed by atoms with Gasteiger partial charge in [0.1, 0.15) is 11.5 Å². The Hall–Kier alpha value is -1.84. The third-order valence-corrected chi connectivity index (χ3v) is 5.82. The molecule has 0 unspecified atom stereocenters. The van der Waals surface area contributed by atoms with Crippen LogP contribution in [0.25, 0.3) is 0 Å². The van der Waals surface area contributed by atoms with Crippen LogP contribution in [-0.4, -0.2) is 31.1 Å². The van der Waals surface area contributed by atoms with Crippen LogP contribution >= 0.6 is 0 Å². The van der Waals surface area contributed by atoms with Gasteiger partial charge in [-0.3, -0.25) is 4.90 Å². The molecular weight excluding hydrogens is 320 g/mol. The summed E-state index contributed by atoms with van der Waals surface area (Å²) in [5, 5.41) is 3.50. The second-order valence-corrected chi connectivity index (χ2v) is 7.62. The Morgan fingerprint density at radius 3 is 2.35 bits per heavy atom. The van der Waals surface area contributed by atoms with Crippen molar-refractivity contribution in [2.45, 2.75) is 38.1 Å². The summed E-state index contributed by atoms with van der Waals surface area (Å²) >= 11 is 0. The van der Waals surface area contributed by atoms with Gasteiger partial charge >= 0.3 is 0 Å². The average molecular weight is 351 g/mol. The molecule has 1 atom stereocenters. The lowest BCUT2D eigenvalue weighted by Gasteiger charge is -2.41. The minimum absolute atomic E-state index is 0.525. The average Bonchev–Trinajstić information content (AvgIpc) is 2.71. The maximum Gasteiger partial charge on any atom is 0.127 e. The van der Waals surface area contributed by atoms with Gasteiger partial charge in [0.05, 0.1) is 0 Å². The highest BCUT2D eigenvalue weighted by Crippen LogP contribution is 2.39. The quantitative estimate of drug-likeness (QED) is 0.821. The normalized spacial score (nSPS) is 20.6. The highest BCUT2D eigenvalue weighted by Gasteiger charge is 2.31. The highest BCUT2D eigenvalue weighted by molar-refractivity contribution is 5.35. The molecular formula is C23H30N2O. The van der Waals surface area contributed by atoms with Gasteiger partial charge in [-0.05, 0) is 48.6 Å². The molecule has 2 aromatic carbocycles. The van der Waals surface area contributed by atoms with Crippen LogP contribution in [0.2, 0.25) is 0 Å². The fraction of sp³-hybridized carbons (Fsp3) is 0.478. The number of para-hydroxylation sites is 1. The molecule has 138 valence electrons. The lowest BCUT2D eigenvalue weighted by Crippen LogP contribution is -2.47. The molecule has 0 spiro atoms. The molecule has 1 heterocycles. The molecule has 2 aromatic rings. The van der Waals surface area contributed by atoms with Gasteiger partial charge < -0.3 is 10.1 Å². The van der Waals surface area contributed by atoms with E-state index in [4.69, 9.17) is 4.74 Å². The Bertz CT molecular complexity index is 658. The van der Waals surface area contributed by atoms with E-state index in [-0.39, 0.29) is 0 Å². The molecule has 4 rings (SSSR count). The first kappa shape index (κ1) is 17.6. The third-order valence-electron chi connectivity index (χ3n) is 5.82. The SMILES string of the molecule is c1ccc(Oc2cccc([C@H](C3CCCCC3)N3CCNCC3)c2)cc1. The topological polar surface area (TPSA) is 24.5 Å². The molecule has 0 radical (unpaired) electrons. The van der Waals surface area contributed by atoms with Crippen LogP contribution in [0.5, 0.6) is 11.5 Å². The summed E-state index contributed by atoms with van der Waals surface area (Å²) < 4.78 is 6.11. The Kier molecular flexibility index (Phi) is 5.88. The predicted molar refractivity (Wildman–Crippen MR) is 107 cm³/mol. The van der Waals surface area contributed by atoms with Gasteiger partial charge in [-0.1, -0.05) is 49.6 Å². The summed E-state index contributed by atoms with van der Waals surface area (Å²) in [7, 11) is 0. The smallest absolute Gasteiger partial charge is 0.127 e. The van der Waals surface area contributed by atoms with Crippen molar-refractivity contribution in [3.63, 3.8) is 0 Å². The number of piperazine rings is 1. The van der Waals surface area contributed by atoms with E-state index in [1.807, 2.05) is 30.3 Å². The number of hydrogen-bond acceptors (Lipinski definition) is 3. The van der Waals surface area contributed by atoms with Crippen LogP contribution in [0.4, 0.5) is 0 Å². The first-order valence-corrected chi connectivity index (χ1v) is 10.2. The second-order valence-electron chi connectivity index (χ2n) is 7.62. The summed E-state index contributed by atoms with van der Waals surface area (Å²) in [4.78, 5) is 2.70. The van der Waals surface area contributed by atoms with Gasteiger partial charge in [0, 0.05) is 32.2 Å². The summed E-state index contributed by atoms with van der Waals surface area (Å²) in [5.41, 5.74) is 1.42. The van der Waals surface area contributed by atoms with Crippen molar-refractivity contribution in [1.29, 1.82) is 0 Å². The zero-order valence-corrected chi connectivity index (χ0v) is 15.6. The van der Waals surface area contributed by atoms with Crippen molar-refractivity contribution in [3.8, 4) is 11.5 Å². The maximum atomic E-state index is 6.11. The summed E-state index contributed by atoms with van der Waals surface area (Å²) in [6, 6.07) is 19.4. The molecule has 0 amide bonds.